The molecular weight excluding hydrogens is 348 g/mol. The van der Waals surface area contributed by atoms with Gasteiger partial charge in [-0.15, -0.1) is 0 Å². The first-order valence-electron chi connectivity index (χ1n) is 6.76. The Bertz CT molecular complexity index is 801. The number of hydrogen-bond acceptors (Lipinski definition) is 4. The Labute approximate surface area is 148 Å². The van der Waals surface area contributed by atoms with Crippen molar-refractivity contribution >= 4 is 57.7 Å². The molecule has 2 aromatic rings. The van der Waals surface area contributed by atoms with Crippen molar-refractivity contribution < 1.29 is 4.79 Å². The lowest BCUT2D eigenvalue weighted by Gasteiger charge is -2.12. The third kappa shape index (κ3) is 3.69. The highest BCUT2D eigenvalue weighted by molar-refractivity contribution is 8.27. The standard InChI is InChI=1S/C17H11ClN2OS2/c18-13-9-10-15(19-11-13)20-16(21)14(23-17(20)22)8-4-7-12-5-2-1-3-6-12/h1-11H/b7-4-,14-8-. The molecule has 0 spiro atoms. The van der Waals surface area contributed by atoms with Gasteiger partial charge in [-0.05, 0) is 23.8 Å². The summed E-state index contributed by atoms with van der Waals surface area (Å²) in [5, 5.41) is 0.514. The Morgan fingerprint density at radius 1 is 1.17 bits per heavy atom. The fourth-order valence-corrected chi connectivity index (χ4v) is 3.33. The summed E-state index contributed by atoms with van der Waals surface area (Å²) in [6.45, 7) is 0. The zero-order chi connectivity index (χ0) is 16.2. The van der Waals surface area contributed by atoms with Gasteiger partial charge in [0, 0.05) is 6.20 Å². The van der Waals surface area contributed by atoms with Crippen LogP contribution in [0.4, 0.5) is 5.82 Å². The zero-order valence-electron chi connectivity index (χ0n) is 11.8. The van der Waals surface area contributed by atoms with Crippen LogP contribution in [0.15, 0.2) is 65.7 Å². The number of pyridine rings is 1. The molecule has 1 aliphatic rings. The van der Waals surface area contributed by atoms with Crippen molar-refractivity contribution in [2.75, 3.05) is 4.90 Å². The highest BCUT2D eigenvalue weighted by Gasteiger charge is 2.33. The summed E-state index contributed by atoms with van der Waals surface area (Å²) < 4.78 is 0.462. The monoisotopic (exact) mass is 358 g/mol. The van der Waals surface area contributed by atoms with Gasteiger partial charge in [-0.1, -0.05) is 78.1 Å². The van der Waals surface area contributed by atoms with Crippen molar-refractivity contribution in [3.63, 3.8) is 0 Å². The van der Waals surface area contributed by atoms with Crippen LogP contribution in [0.3, 0.4) is 0 Å². The Hall–Kier alpha value is -1.95. The number of aromatic nitrogens is 1. The van der Waals surface area contributed by atoms with E-state index in [1.54, 1.807) is 18.2 Å². The maximum Gasteiger partial charge on any atom is 0.271 e. The van der Waals surface area contributed by atoms with E-state index in [-0.39, 0.29) is 5.91 Å². The van der Waals surface area contributed by atoms with Crippen molar-refractivity contribution in [2.24, 2.45) is 0 Å². The minimum atomic E-state index is -0.174. The summed E-state index contributed by atoms with van der Waals surface area (Å²) in [6.07, 6.45) is 7.04. The van der Waals surface area contributed by atoms with E-state index in [0.717, 1.165) is 5.56 Å². The van der Waals surface area contributed by atoms with Crippen LogP contribution in [-0.2, 0) is 4.79 Å². The van der Waals surface area contributed by atoms with Gasteiger partial charge in [0.15, 0.2) is 4.32 Å². The van der Waals surface area contributed by atoms with Crippen molar-refractivity contribution in [1.29, 1.82) is 0 Å². The fraction of sp³-hybridized carbons (Fsp3) is 0. The van der Waals surface area contributed by atoms with Crippen molar-refractivity contribution in [1.82, 2.24) is 4.98 Å². The number of amides is 1. The molecule has 0 unspecified atom stereocenters. The summed E-state index contributed by atoms with van der Waals surface area (Å²) >= 11 is 12.4. The molecule has 0 bridgehead atoms. The van der Waals surface area contributed by atoms with Gasteiger partial charge in [0.05, 0.1) is 9.93 Å². The van der Waals surface area contributed by atoms with Crippen LogP contribution >= 0.6 is 35.6 Å². The smallest absolute Gasteiger partial charge is 0.268 e. The average molecular weight is 359 g/mol. The van der Waals surface area contributed by atoms with E-state index in [2.05, 4.69) is 4.98 Å². The molecule has 0 atom stereocenters. The molecular formula is C17H11ClN2OS2. The Morgan fingerprint density at radius 3 is 2.65 bits per heavy atom. The van der Waals surface area contributed by atoms with Gasteiger partial charge in [-0.2, -0.15) is 0 Å². The summed E-state index contributed by atoms with van der Waals surface area (Å²) in [5.41, 5.74) is 1.07. The molecule has 1 aliphatic heterocycles. The first kappa shape index (κ1) is 15.9. The molecule has 1 amide bonds. The van der Waals surface area contributed by atoms with Crippen molar-refractivity contribution in [2.45, 2.75) is 0 Å². The van der Waals surface area contributed by atoms with Crippen LogP contribution in [-0.4, -0.2) is 15.2 Å². The molecule has 3 nitrogen and oxygen atoms in total. The van der Waals surface area contributed by atoms with Crippen LogP contribution in [0.5, 0.6) is 0 Å². The third-order valence-electron chi connectivity index (χ3n) is 3.07. The minimum Gasteiger partial charge on any atom is -0.268 e. The molecule has 0 aliphatic carbocycles. The van der Waals surface area contributed by atoms with E-state index in [0.29, 0.717) is 20.1 Å². The van der Waals surface area contributed by atoms with Crippen LogP contribution in [0, 0.1) is 0 Å². The molecule has 2 heterocycles. The Kier molecular flexibility index (Phi) is 4.91. The van der Waals surface area contributed by atoms with Gasteiger partial charge in [-0.25, -0.2) is 9.88 Å². The number of hydrogen-bond donors (Lipinski definition) is 0. The number of thioether (sulfide) groups is 1. The van der Waals surface area contributed by atoms with E-state index in [9.17, 15) is 4.79 Å². The van der Waals surface area contributed by atoms with E-state index >= 15 is 0 Å². The van der Waals surface area contributed by atoms with Gasteiger partial charge < -0.3 is 0 Å². The lowest BCUT2D eigenvalue weighted by molar-refractivity contribution is -0.113. The summed E-state index contributed by atoms with van der Waals surface area (Å²) in [5.74, 6) is 0.305. The second-order valence-corrected chi connectivity index (χ2v) is 6.76. The molecule has 1 fully saturated rings. The molecule has 1 aromatic heterocycles. The number of carbonyl (C=O) groups is 1. The van der Waals surface area contributed by atoms with Crippen molar-refractivity contribution in [3.8, 4) is 0 Å². The largest absolute Gasteiger partial charge is 0.271 e. The predicted molar refractivity (Wildman–Crippen MR) is 100 cm³/mol. The zero-order valence-corrected chi connectivity index (χ0v) is 14.2. The Morgan fingerprint density at radius 2 is 1.96 bits per heavy atom. The molecule has 0 N–H and O–H groups in total. The molecule has 1 aromatic carbocycles. The highest BCUT2D eigenvalue weighted by atomic mass is 35.5. The molecule has 23 heavy (non-hydrogen) atoms. The minimum absolute atomic E-state index is 0.174. The number of allylic oxidation sites excluding steroid dienone is 2. The normalized spacial score (nSPS) is 16.7. The number of thiocarbonyl (C=S) groups is 1. The number of rotatable bonds is 3. The lowest BCUT2D eigenvalue weighted by Crippen LogP contribution is -2.28. The van der Waals surface area contributed by atoms with E-state index in [4.69, 9.17) is 23.8 Å². The summed E-state index contributed by atoms with van der Waals surface area (Å²) in [6, 6.07) is 13.2. The second-order valence-electron chi connectivity index (χ2n) is 4.64. The fourth-order valence-electron chi connectivity index (χ4n) is 1.99. The second kappa shape index (κ2) is 7.08. The molecule has 114 valence electrons. The topological polar surface area (TPSA) is 33.2 Å². The molecule has 1 saturated heterocycles. The maximum atomic E-state index is 12.5. The van der Waals surface area contributed by atoms with Crippen LogP contribution in [0.2, 0.25) is 5.02 Å². The number of anilines is 1. The Balaban J connectivity index is 1.79. The summed E-state index contributed by atoms with van der Waals surface area (Å²) in [7, 11) is 0. The molecule has 0 radical (unpaired) electrons. The van der Waals surface area contributed by atoms with Crippen LogP contribution in [0.25, 0.3) is 6.08 Å². The summed E-state index contributed by atoms with van der Waals surface area (Å²) in [4.78, 5) is 18.6. The lowest BCUT2D eigenvalue weighted by atomic mass is 10.2. The van der Waals surface area contributed by atoms with E-state index in [1.165, 1.54) is 22.9 Å². The SMILES string of the molecule is O=C1/C(=C/C=C\c2ccccc2)SC(=S)N1c1ccc(Cl)cn1. The highest BCUT2D eigenvalue weighted by Crippen LogP contribution is 2.34. The van der Waals surface area contributed by atoms with Crippen LogP contribution in [0.1, 0.15) is 5.56 Å². The first-order chi connectivity index (χ1) is 11.1. The van der Waals surface area contributed by atoms with E-state index < -0.39 is 0 Å². The van der Waals surface area contributed by atoms with Gasteiger partial charge in [-0.3, -0.25) is 4.79 Å². The number of halogens is 1. The quantitative estimate of drug-likeness (QED) is 0.588. The average Bonchev–Trinajstić information content (AvgIpc) is 2.84. The molecule has 6 heteroatoms. The number of benzene rings is 1. The third-order valence-corrected chi connectivity index (χ3v) is 4.61. The van der Waals surface area contributed by atoms with Gasteiger partial charge in [0.25, 0.3) is 5.91 Å². The van der Waals surface area contributed by atoms with Gasteiger partial charge in [0.1, 0.15) is 5.82 Å². The molecule has 0 saturated carbocycles. The van der Waals surface area contributed by atoms with E-state index in [1.807, 2.05) is 42.5 Å². The number of nitrogens with zero attached hydrogens (tertiary/aromatic N) is 2. The molecule has 3 rings (SSSR count). The predicted octanol–water partition coefficient (Wildman–Crippen LogP) is 4.70. The van der Waals surface area contributed by atoms with Gasteiger partial charge >= 0.3 is 0 Å². The number of carbonyl (C=O) groups excluding carboxylic acids is 1. The van der Waals surface area contributed by atoms with Crippen LogP contribution < -0.4 is 4.90 Å². The van der Waals surface area contributed by atoms with Gasteiger partial charge in [0.2, 0.25) is 0 Å². The van der Waals surface area contributed by atoms with Crippen molar-refractivity contribution in [3.05, 3.63) is 76.3 Å². The first-order valence-corrected chi connectivity index (χ1v) is 8.36. The maximum absolute atomic E-state index is 12.5.